The van der Waals surface area contributed by atoms with Crippen molar-refractivity contribution < 1.29 is 13.9 Å². The first-order chi connectivity index (χ1) is 13.6. The number of halogens is 1. The predicted octanol–water partition coefficient (Wildman–Crippen LogP) is 2.91. The zero-order chi connectivity index (χ0) is 19.9. The van der Waals surface area contributed by atoms with Gasteiger partial charge in [-0.1, -0.05) is 12.1 Å². The van der Waals surface area contributed by atoms with Crippen molar-refractivity contribution in [3.63, 3.8) is 0 Å². The highest BCUT2D eigenvalue weighted by molar-refractivity contribution is 5.72. The highest BCUT2D eigenvalue weighted by atomic mass is 19.1. The molecular formula is C21H23FN4O2. The van der Waals surface area contributed by atoms with Gasteiger partial charge in [0.25, 0.3) is 0 Å². The van der Waals surface area contributed by atoms with E-state index in [0.29, 0.717) is 25.3 Å². The van der Waals surface area contributed by atoms with Gasteiger partial charge in [0.05, 0.1) is 12.8 Å². The summed E-state index contributed by atoms with van der Waals surface area (Å²) in [7, 11) is 1.62. The van der Waals surface area contributed by atoms with Crippen LogP contribution < -0.4 is 15.4 Å². The van der Waals surface area contributed by atoms with E-state index in [1.807, 2.05) is 30.5 Å². The fraction of sp³-hybridized carbons (Fsp3) is 0.238. The molecule has 7 heteroatoms. The van der Waals surface area contributed by atoms with E-state index >= 15 is 0 Å². The first-order valence-corrected chi connectivity index (χ1v) is 9.01. The van der Waals surface area contributed by atoms with Crippen LogP contribution in [0.15, 0.2) is 54.7 Å². The summed E-state index contributed by atoms with van der Waals surface area (Å²) in [5.41, 5.74) is 2.99. The Morgan fingerprint density at radius 2 is 1.89 bits per heavy atom. The normalized spacial score (nSPS) is 10.7. The second-order valence-electron chi connectivity index (χ2n) is 6.29. The van der Waals surface area contributed by atoms with Crippen molar-refractivity contribution in [3.05, 3.63) is 66.1 Å². The summed E-state index contributed by atoms with van der Waals surface area (Å²) in [5.74, 6) is 0.358. The fourth-order valence-electron chi connectivity index (χ4n) is 2.84. The van der Waals surface area contributed by atoms with Crippen molar-refractivity contribution in [1.29, 1.82) is 0 Å². The maximum Gasteiger partial charge on any atom is 0.216 e. The minimum Gasteiger partial charge on any atom is -0.497 e. The number of carbonyl (C=O) groups is 1. The molecule has 0 saturated heterocycles. The third-order valence-electron chi connectivity index (χ3n) is 4.24. The third-order valence-corrected chi connectivity index (χ3v) is 4.24. The summed E-state index contributed by atoms with van der Waals surface area (Å²) in [6, 6.07) is 14.1. The molecule has 0 atom stereocenters. The Morgan fingerprint density at radius 1 is 1.14 bits per heavy atom. The average molecular weight is 382 g/mol. The van der Waals surface area contributed by atoms with Gasteiger partial charge < -0.3 is 15.4 Å². The van der Waals surface area contributed by atoms with Crippen LogP contribution in [0.4, 0.5) is 4.39 Å². The van der Waals surface area contributed by atoms with Crippen LogP contribution in [0.25, 0.3) is 16.9 Å². The van der Waals surface area contributed by atoms with Crippen molar-refractivity contribution in [1.82, 2.24) is 20.4 Å². The van der Waals surface area contributed by atoms with Crippen molar-refractivity contribution in [3.8, 4) is 22.7 Å². The second kappa shape index (κ2) is 9.14. The summed E-state index contributed by atoms with van der Waals surface area (Å²) in [4.78, 5) is 11.0. The lowest BCUT2D eigenvalue weighted by molar-refractivity contribution is -0.118. The first kappa shape index (κ1) is 19.6. The number of rotatable bonds is 8. The molecule has 2 N–H and O–H groups in total. The van der Waals surface area contributed by atoms with E-state index in [4.69, 9.17) is 4.74 Å². The molecule has 0 bridgehead atoms. The Labute approximate surface area is 163 Å². The van der Waals surface area contributed by atoms with Crippen molar-refractivity contribution in [2.24, 2.45) is 0 Å². The summed E-state index contributed by atoms with van der Waals surface area (Å²) in [6.07, 6.45) is 1.82. The molecule has 0 spiro atoms. The van der Waals surface area contributed by atoms with Crippen LogP contribution in [-0.2, 0) is 11.3 Å². The van der Waals surface area contributed by atoms with E-state index in [9.17, 15) is 9.18 Å². The number of ether oxygens (including phenoxy) is 1. The van der Waals surface area contributed by atoms with Gasteiger partial charge in [-0.25, -0.2) is 9.07 Å². The van der Waals surface area contributed by atoms with E-state index in [1.54, 1.807) is 30.0 Å². The van der Waals surface area contributed by atoms with Gasteiger partial charge in [-0.3, -0.25) is 4.79 Å². The third kappa shape index (κ3) is 4.75. The van der Waals surface area contributed by atoms with E-state index in [-0.39, 0.29) is 11.7 Å². The Morgan fingerprint density at radius 3 is 2.57 bits per heavy atom. The number of nitrogens with one attached hydrogen (secondary N) is 2. The molecule has 3 aromatic rings. The number of carbonyl (C=O) groups excluding carboxylic acids is 1. The lowest BCUT2D eigenvalue weighted by Gasteiger charge is -2.06. The SMILES string of the molecule is COc1ccc(-c2nn(-c3ccccc3F)cc2CNCCNC(C)=O)cc1. The zero-order valence-electron chi connectivity index (χ0n) is 15.9. The number of hydrogen-bond donors (Lipinski definition) is 2. The molecule has 0 aliphatic heterocycles. The number of benzene rings is 2. The number of methoxy groups -OCH3 is 1. The summed E-state index contributed by atoms with van der Waals surface area (Å²) in [6.45, 7) is 3.18. The lowest BCUT2D eigenvalue weighted by atomic mass is 10.1. The van der Waals surface area contributed by atoms with E-state index in [1.165, 1.54) is 13.0 Å². The Bertz CT molecular complexity index is 938. The van der Waals surface area contributed by atoms with E-state index < -0.39 is 0 Å². The zero-order valence-corrected chi connectivity index (χ0v) is 15.9. The standard InChI is InChI=1S/C21H23FN4O2/c1-15(27)24-12-11-23-13-17-14-26(20-6-4-3-5-19(20)22)25-21(17)16-7-9-18(28-2)10-8-16/h3-10,14,23H,11-13H2,1-2H3,(H,24,27). The van der Waals surface area contributed by atoms with Crippen LogP contribution in [-0.4, -0.2) is 35.9 Å². The van der Waals surface area contributed by atoms with Gasteiger partial charge in [0.2, 0.25) is 5.91 Å². The first-order valence-electron chi connectivity index (χ1n) is 9.01. The van der Waals surface area contributed by atoms with Crippen LogP contribution in [0, 0.1) is 5.82 Å². The topological polar surface area (TPSA) is 68.2 Å². The lowest BCUT2D eigenvalue weighted by Crippen LogP contribution is -2.29. The minimum absolute atomic E-state index is 0.0619. The van der Waals surface area contributed by atoms with E-state index in [2.05, 4.69) is 15.7 Å². The van der Waals surface area contributed by atoms with Gasteiger partial charge in [-0.2, -0.15) is 5.10 Å². The van der Waals surface area contributed by atoms with Crippen molar-refractivity contribution in [2.75, 3.05) is 20.2 Å². The van der Waals surface area contributed by atoms with Gasteiger partial charge in [-0.05, 0) is 36.4 Å². The molecular weight excluding hydrogens is 359 g/mol. The Balaban J connectivity index is 1.86. The molecule has 1 heterocycles. The molecule has 0 aliphatic rings. The quantitative estimate of drug-likeness (QED) is 0.588. The minimum atomic E-state index is -0.337. The molecule has 1 amide bonds. The Hall–Kier alpha value is -3.19. The molecule has 1 aromatic heterocycles. The number of hydrogen-bond acceptors (Lipinski definition) is 4. The van der Waals surface area contributed by atoms with Crippen LogP contribution in [0.3, 0.4) is 0 Å². The van der Waals surface area contributed by atoms with Gasteiger partial charge >= 0.3 is 0 Å². The van der Waals surface area contributed by atoms with Gasteiger partial charge in [0.1, 0.15) is 17.3 Å². The van der Waals surface area contributed by atoms with Crippen molar-refractivity contribution >= 4 is 5.91 Å². The molecule has 146 valence electrons. The second-order valence-corrected chi connectivity index (χ2v) is 6.29. The fourth-order valence-corrected chi connectivity index (χ4v) is 2.84. The highest BCUT2D eigenvalue weighted by Gasteiger charge is 2.14. The van der Waals surface area contributed by atoms with Gasteiger partial charge in [0.15, 0.2) is 0 Å². The molecule has 0 fully saturated rings. The van der Waals surface area contributed by atoms with Crippen LogP contribution in [0.5, 0.6) is 5.75 Å². The molecule has 0 saturated carbocycles. The number of aromatic nitrogens is 2. The molecule has 3 rings (SSSR count). The molecule has 2 aromatic carbocycles. The van der Waals surface area contributed by atoms with Gasteiger partial charge in [0, 0.05) is 43.9 Å². The van der Waals surface area contributed by atoms with Crippen molar-refractivity contribution in [2.45, 2.75) is 13.5 Å². The Kier molecular flexibility index (Phi) is 6.39. The summed E-state index contributed by atoms with van der Waals surface area (Å²) in [5, 5.41) is 10.6. The van der Waals surface area contributed by atoms with Gasteiger partial charge in [-0.15, -0.1) is 0 Å². The maximum absolute atomic E-state index is 14.2. The predicted molar refractivity (Wildman–Crippen MR) is 106 cm³/mol. The molecule has 6 nitrogen and oxygen atoms in total. The van der Waals surface area contributed by atoms with Crippen LogP contribution >= 0.6 is 0 Å². The average Bonchev–Trinajstić information content (AvgIpc) is 3.12. The molecule has 0 aliphatic carbocycles. The summed E-state index contributed by atoms with van der Waals surface area (Å²) >= 11 is 0. The number of amides is 1. The molecule has 28 heavy (non-hydrogen) atoms. The number of para-hydroxylation sites is 1. The summed E-state index contributed by atoms with van der Waals surface area (Å²) < 4.78 is 21.0. The monoisotopic (exact) mass is 382 g/mol. The maximum atomic E-state index is 14.2. The van der Waals surface area contributed by atoms with Crippen LogP contribution in [0.1, 0.15) is 12.5 Å². The van der Waals surface area contributed by atoms with E-state index in [0.717, 1.165) is 22.6 Å². The largest absolute Gasteiger partial charge is 0.497 e. The molecule has 0 unspecified atom stereocenters. The molecule has 0 radical (unpaired) electrons. The highest BCUT2D eigenvalue weighted by Crippen LogP contribution is 2.26. The smallest absolute Gasteiger partial charge is 0.216 e. The van der Waals surface area contributed by atoms with Crippen LogP contribution in [0.2, 0.25) is 0 Å². The number of nitrogens with zero attached hydrogens (tertiary/aromatic N) is 2.